The van der Waals surface area contributed by atoms with Gasteiger partial charge in [0.1, 0.15) is 20.2 Å². The molecule has 6 rings (SSSR count). The summed E-state index contributed by atoms with van der Waals surface area (Å²) in [6.45, 7) is 5.19. The number of hydrogen-bond donors (Lipinski definition) is 2. The summed E-state index contributed by atoms with van der Waals surface area (Å²) in [4.78, 5) is 0.223. The van der Waals surface area contributed by atoms with Gasteiger partial charge in [-0.25, -0.2) is 16.8 Å². The van der Waals surface area contributed by atoms with Crippen LogP contribution in [0.4, 0.5) is 22.7 Å². The molecule has 0 radical (unpaired) electrons. The van der Waals surface area contributed by atoms with Crippen LogP contribution in [0.15, 0.2) is 109 Å². The maximum absolute atomic E-state index is 12.7. The van der Waals surface area contributed by atoms with E-state index in [2.05, 4.69) is 24.5 Å². The maximum atomic E-state index is 12.7. The first kappa shape index (κ1) is 54.8. The van der Waals surface area contributed by atoms with E-state index in [1.165, 1.54) is 89.9 Å². The van der Waals surface area contributed by atoms with Gasteiger partial charge in [-0.3, -0.25) is 0 Å². The van der Waals surface area contributed by atoms with E-state index in [1.54, 1.807) is 9.80 Å². The van der Waals surface area contributed by atoms with Crippen molar-refractivity contribution in [1.29, 1.82) is 0 Å². The second-order valence-electron chi connectivity index (χ2n) is 17.8. The van der Waals surface area contributed by atoms with Gasteiger partial charge in [0.25, 0.3) is 0 Å². The van der Waals surface area contributed by atoms with E-state index < -0.39 is 30.2 Å². The van der Waals surface area contributed by atoms with Crippen molar-refractivity contribution in [3.63, 3.8) is 0 Å². The minimum Gasteiger partial charge on any atom is -0.745 e. The summed E-state index contributed by atoms with van der Waals surface area (Å²) < 4.78 is 75.9. The molecule has 352 valence electrons. The number of nitrogens with one attached hydrogen (secondary N) is 2. The molecule has 2 aliphatic rings. The predicted octanol–water partition coefficient (Wildman–Crippen LogP) is 12.9. The third-order valence-electron chi connectivity index (χ3n) is 12.9. The van der Waals surface area contributed by atoms with Gasteiger partial charge in [0.05, 0.1) is 22.7 Å². The molecule has 10 nitrogen and oxygen atoms in total. The van der Waals surface area contributed by atoms with Crippen molar-refractivity contribution < 1.29 is 25.9 Å². The van der Waals surface area contributed by atoms with Gasteiger partial charge in [-0.1, -0.05) is 214 Å². The molecule has 0 spiro atoms. The third kappa shape index (κ3) is 15.6. The van der Waals surface area contributed by atoms with Crippen LogP contribution in [0.3, 0.4) is 0 Å². The molecule has 2 heterocycles. The SMILES string of the molecule is CCCCCCCCCCCCC1(S(=O)(=O)[O-])Nc2ccccc2N1Cc1ccccc1.CCCCCCCCCCCCC1(S(=O)(=O)[O-])Nc2ccccc2N1Cc1ccccc1.[Ca+2]. The van der Waals surface area contributed by atoms with Crippen LogP contribution in [0.1, 0.15) is 166 Å². The van der Waals surface area contributed by atoms with Crippen LogP contribution < -0.4 is 20.4 Å². The van der Waals surface area contributed by atoms with Crippen molar-refractivity contribution in [3.05, 3.63) is 120 Å². The Bertz CT molecular complexity index is 2030. The quantitative estimate of drug-likeness (QED) is 0.0321. The smallest absolute Gasteiger partial charge is 0.745 e. The minimum atomic E-state index is -4.65. The summed E-state index contributed by atoms with van der Waals surface area (Å²) in [5.74, 6) is 0. The number of rotatable bonds is 28. The number of fused-ring (bicyclic) bond motifs is 2. The molecule has 0 fully saturated rings. The van der Waals surface area contributed by atoms with Gasteiger partial charge in [-0.2, -0.15) is 0 Å². The number of para-hydroxylation sites is 4. The molecular formula is C52H74CaN4O6S2. The second kappa shape index (κ2) is 27.8. The summed E-state index contributed by atoms with van der Waals surface area (Å²) in [5, 5.41) is 6.23. The Morgan fingerprint density at radius 1 is 0.415 bits per heavy atom. The molecule has 0 aliphatic carbocycles. The Kier molecular flexibility index (Phi) is 23.5. The van der Waals surface area contributed by atoms with Gasteiger partial charge in [0.2, 0.25) is 9.99 Å². The van der Waals surface area contributed by atoms with Crippen molar-refractivity contribution in [2.75, 3.05) is 20.4 Å². The van der Waals surface area contributed by atoms with Crippen LogP contribution >= 0.6 is 0 Å². The van der Waals surface area contributed by atoms with Gasteiger partial charge in [-0.05, 0) is 48.2 Å². The molecule has 2 unspecified atom stereocenters. The van der Waals surface area contributed by atoms with Gasteiger partial charge in [0, 0.05) is 25.9 Å². The van der Waals surface area contributed by atoms with Crippen LogP contribution in [0.25, 0.3) is 0 Å². The van der Waals surface area contributed by atoms with Crippen LogP contribution in [0.2, 0.25) is 0 Å². The fraction of sp³-hybridized carbons (Fsp3) is 0.538. The van der Waals surface area contributed by atoms with E-state index in [4.69, 9.17) is 0 Å². The Morgan fingerprint density at radius 2 is 0.692 bits per heavy atom. The zero-order chi connectivity index (χ0) is 45.7. The van der Waals surface area contributed by atoms with E-state index in [-0.39, 0.29) is 50.6 Å². The topological polar surface area (TPSA) is 145 Å². The Morgan fingerprint density at radius 3 is 1.00 bits per heavy atom. The zero-order valence-electron chi connectivity index (χ0n) is 39.2. The number of unbranched alkanes of at least 4 members (excludes halogenated alkanes) is 18. The molecule has 65 heavy (non-hydrogen) atoms. The van der Waals surface area contributed by atoms with Gasteiger partial charge in [0.15, 0.2) is 0 Å². The van der Waals surface area contributed by atoms with Crippen molar-refractivity contribution in [2.45, 2.75) is 178 Å². The minimum absolute atomic E-state index is 0. The van der Waals surface area contributed by atoms with Crippen LogP contribution in [0, 0.1) is 0 Å². The monoisotopic (exact) mass is 954 g/mol. The second-order valence-corrected chi connectivity index (χ2v) is 20.9. The largest absolute Gasteiger partial charge is 2.00 e. The van der Waals surface area contributed by atoms with Crippen molar-refractivity contribution >= 4 is 80.7 Å². The zero-order valence-corrected chi connectivity index (χ0v) is 43.1. The number of benzene rings is 4. The molecule has 0 saturated carbocycles. The van der Waals surface area contributed by atoms with Crippen molar-refractivity contribution in [2.24, 2.45) is 0 Å². The fourth-order valence-electron chi connectivity index (χ4n) is 9.28. The Hall–Kier alpha value is -2.84. The van der Waals surface area contributed by atoms with Crippen molar-refractivity contribution in [1.82, 2.24) is 0 Å². The molecule has 4 aromatic carbocycles. The molecule has 2 N–H and O–H groups in total. The van der Waals surface area contributed by atoms with E-state index in [9.17, 15) is 25.9 Å². The van der Waals surface area contributed by atoms with Gasteiger partial charge < -0.3 is 29.5 Å². The van der Waals surface area contributed by atoms with Crippen LogP contribution in [-0.4, -0.2) is 73.7 Å². The average molecular weight is 955 g/mol. The first-order valence-corrected chi connectivity index (χ1v) is 27.1. The van der Waals surface area contributed by atoms with E-state index in [0.717, 1.165) is 48.2 Å². The molecule has 0 bridgehead atoms. The van der Waals surface area contributed by atoms with E-state index >= 15 is 0 Å². The molecular weight excluding hydrogens is 881 g/mol. The number of nitrogens with zero attached hydrogens (tertiary/aromatic N) is 2. The molecule has 2 aliphatic heterocycles. The van der Waals surface area contributed by atoms with Crippen molar-refractivity contribution in [3.8, 4) is 0 Å². The summed E-state index contributed by atoms with van der Waals surface area (Å²) in [6.07, 6.45) is 23.8. The van der Waals surface area contributed by atoms with Crippen LogP contribution in [-0.2, 0) is 33.3 Å². The predicted molar refractivity (Wildman–Crippen MR) is 269 cm³/mol. The molecule has 0 amide bonds. The molecule has 0 saturated heterocycles. The van der Waals surface area contributed by atoms with Gasteiger partial charge >= 0.3 is 37.7 Å². The standard InChI is InChI=1S/2C26H38N2O3S.Ca/c2*1-2-3-4-5-6-7-8-9-10-16-21-26(32(29,30)31)27-24-19-14-15-20-25(24)28(26)22-23-17-12-11-13-18-23;/h2*11-15,17-20,27H,2-10,16,21-22H2,1H3,(H,29,30,31);/q;;+2/p-2. The fourth-order valence-corrected chi connectivity index (χ4v) is 11.4. The van der Waals surface area contributed by atoms with Crippen LogP contribution in [0.5, 0.6) is 0 Å². The third-order valence-corrected chi connectivity index (χ3v) is 15.6. The molecule has 2 atom stereocenters. The van der Waals surface area contributed by atoms with Gasteiger partial charge in [-0.15, -0.1) is 0 Å². The summed E-state index contributed by atoms with van der Waals surface area (Å²) in [6, 6.07) is 34.4. The summed E-state index contributed by atoms with van der Waals surface area (Å²) >= 11 is 0. The first-order chi connectivity index (χ1) is 31.0. The number of anilines is 4. The Labute approximate surface area is 422 Å². The molecule has 13 heteroatoms. The first-order valence-electron chi connectivity index (χ1n) is 24.2. The average Bonchev–Trinajstić information content (AvgIpc) is 3.79. The number of hydrogen-bond acceptors (Lipinski definition) is 10. The molecule has 0 aromatic heterocycles. The van der Waals surface area contributed by atoms with E-state index in [1.807, 2.05) is 109 Å². The Balaban J connectivity index is 0.000000280. The molecule has 4 aromatic rings. The normalized spacial score (nSPS) is 17.6. The maximum Gasteiger partial charge on any atom is 2.00 e. The summed E-state index contributed by atoms with van der Waals surface area (Å²) in [7, 11) is -9.29. The van der Waals surface area contributed by atoms with E-state index in [0.29, 0.717) is 37.3 Å². The summed E-state index contributed by atoms with van der Waals surface area (Å²) in [5.41, 5.74) is 4.89.